The van der Waals surface area contributed by atoms with Gasteiger partial charge < -0.3 is 20.1 Å². The zero-order chi connectivity index (χ0) is 19.1. The highest BCUT2D eigenvalue weighted by Crippen LogP contribution is 2.39. The Morgan fingerprint density at radius 2 is 1.81 bits per heavy atom. The Balaban J connectivity index is 1.66. The van der Waals surface area contributed by atoms with Gasteiger partial charge in [-0.2, -0.15) is 0 Å². The number of nitrogens with one attached hydrogen (secondary N) is 2. The van der Waals surface area contributed by atoms with E-state index in [-0.39, 0.29) is 11.5 Å². The SMILES string of the molecule is COc1ccccc1C1(CNC(=O)C(=O)NC2CCCCC2)CCOCC1. The predicted octanol–water partition coefficient (Wildman–Crippen LogP) is 2.31. The summed E-state index contributed by atoms with van der Waals surface area (Å²) < 4.78 is 11.1. The average molecular weight is 374 g/mol. The number of hydrogen-bond donors (Lipinski definition) is 2. The lowest BCUT2D eigenvalue weighted by molar-refractivity contribution is -0.140. The largest absolute Gasteiger partial charge is 0.496 e. The summed E-state index contributed by atoms with van der Waals surface area (Å²) in [5, 5.41) is 5.75. The summed E-state index contributed by atoms with van der Waals surface area (Å²) in [5.41, 5.74) is 0.773. The molecule has 2 fully saturated rings. The Morgan fingerprint density at radius 1 is 1.11 bits per heavy atom. The molecule has 1 aromatic rings. The third kappa shape index (κ3) is 4.80. The van der Waals surface area contributed by atoms with Crippen molar-refractivity contribution >= 4 is 11.8 Å². The Hall–Kier alpha value is -2.08. The quantitative estimate of drug-likeness (QED) is 0.776. The van der Waals surface area contributed by atoms with E-state index >= 15 is 0 Å². The molecule has 6 heteroatoms. The molecule has 1 aliphatic heterocycles. The lowest BCUT2D eigenvalue weighted by Gasteiger charge is -2.38. The van der Waals surface area contributed by atoms with Gasteiger partial charge in [-0.25, -0.2) is 0 Å². The first-order valence-corrected chi connectivity index (χ1v) is 9.94. The second kappa shape index (κ2) is 9.22. The van der Waals surface area contributed by atoms with E-state index < -0.39 is 11.8 Å². The molecule has 3 rings (SSSR count). The van der Waals surface area contributed by atoms with Crippen molar-refractivity contribution in [2.24, 2.45) is 0 Å². The molecule has 1 heterocycles. The number of rotatable bonds is 5. The van der Waals surface area contributed by atoms with E-state index in [1.807, 2.05) is 24.3 Å². The van der Waals surface area contributed by atoms with Crippen molar-refractivity contribution in [1.29, 1.82) is 0 Å². The fraction of sp³-hybridized carbons (Fsp3) is 0.619. The first-order valence-electron chi connectivity index (χ1n) is 9.94. The van der Waals surface area contributed by atoms with Crippen LogP contribution in [-0.2, 0) is 19.7 Å². The fourth-order valence-electron chi connectivity index (χ4n) is 4.21. The molecule has 27 heavy (non-hydrogen) atoms. The van der Waals surface area contributed by atoms with Crippen LogP contribution in [0.5, 0.6) is 5.75 Å². The smallest absolute Gasteiger partial charge is 0.309 e. The van der Waals surface area contributed by atoms with Crippen LogP contribution < -0.4 is 15.4 Å². The molecule has 0 bridgehead atoms. The summed E-state index contributed by atoms with van der Waals surface area (Å²) >= 11 is 0. The normalized spacial score (nSPS) is 19.9. The number of carbonyl (C=O) groups is 2. The zero-order valence-corrected chi connectivity index (χ0v) is 16.1. The van der Waals surface area contributed by atoms with Crippen molar-refractivity contribution < 1.29 is 19.1 Å². The number of ether oxygens (including phenoxy) is 2. The van der Waals surface area contributed by atoms with Crippen molar-refractivity contribution in [2.75, 3.05) is 26.9 Å². The van der Waals surface area contributed by atoms with Crippen LogP contribution in [0.3, 0.4) is 0 Å². The van der Waals surface area contributed by atoms with Gasteiger partial charge >= 0.3 is 11.8 Å². The lowest BCUT2D eigenvalue weighted by Crippen LogP contribution is -2.50. The van der Waals surface area contributed by atoms with Crippen LogP contribution in [-0.4, -0.2) is 44.7 Å². The minimum Gasteiger partial charge on any atom is -0.496 e. The molecule has 2 N–H and O–H groups in total. The van der Waals surface area contributed by atoms with Crippen LogP contribution >= 0.6 is 0 Å². The summed E-state index contributed by atoms with van der Waals surface area (Å²) in [6, 6.07) is 8.02. The summed E-state index contributed by atoms with van der Waals surface area (Å²) in [4.78, 5) is 24.7. The molecule has 2 amide bonds. The highest BCUT2D eigenvalue weighted by Gasteiger charge is 2.37. The molecular formula is C21H30N2O4. The van der Waals surface area contributed by atoms with Gasteiger partial charge in [0.05, 0.1) is 7.11 Å². The highest BCUT2D eigenvalue weighted by atomic mass is 16.5. The number of para-hydroxylation sites is 1. The molecule has 0 spiro atoms. The number of methoxy groups -OCH3 is 1. The molecule has 0 atom stereocenters. The lowest BCUT2D eigenvalue weighted by atomic mass is 9.73. The van der Waals surface area contributed by atoms with Crippen molar-refractivity contribution in [1.82, 2.24) is 10.6 Å². The molecular weight excluding hydrogens is 344 g/mol. The average Bonchev–Trinajstić information content (AvgIpc) is 2.73. The number of benzene rings is 1. The molecule has 0 radical (unpaired) electrons. The number of amides is 2. The fourth-order valence-corrected chi connectivity index (χ4v) is 4.21. The standard InChI is InChI=1S/C21H30N2O4/c1-26-18-10-6-5-9-17(18)21(11-13-27-14-12-21)15-22-19(24)20(25)23-16-7-3-2-4-8-16/h5-6,9-10,16H,2-4,7-8,11-15H2,1H3,(H,22,24)(H,23,25). The molecule has 1 saturated heterocycles. The van der Waals surface area contributed by atoms with E-state index in [2.05, 4.69) is 10.6 Å². The summed E-state index contributed by atoms with van der Waals surface area (Å²) in [5.74, 6) is -0.272. The first-order chi connectivity index (χ1) is 13.1. The minimum atomic E-state index is -0.554. The summed E-state index contributed by atoms with van der Waals surface area (Å²) in [7, 11) is 1.65. The minimum absolute atomic E-state index is 0.128. The monoisotopic (exact) mass is 374 g/mol. The van der Waals surface area contributed by atoms with E-state index in [9.17, 15) is 9.59 Å². The highest BCUT2D eigenvalue weighted by molar-refractivity contribution is 6.35. The molecule has 2 aliphatic rings. The van der Waals surface area contributed by atoms with E-state index in [0.29, 0.717) is 19.8 Å². The van der Waals surface area contributed by atoms with Gasteiger partial charge in [0.25, 0.3) is 0 Å². The van der Waals surface area contributed by atoms with Crippen LogP contribution in [0, 0.1) is 0 Å². The van der Waals surface area contributed by atoms with Crippen molar-refractivity contribution in [2.45, 2.75) is 56.4 Å². The predicted molar refractivity (Wildman–Crippen MR) is 103 cm³/mol. The van der Waals surface area contributed by atoms with Crippen LogP contribution in [0.15, 0.2) is 24.3 Å². The topological polar surface area (TPSA) is 76.7 Å². The molecule has 0 aromatic heterocycles. The van der Waals surface area contributed by atoms with Crippen LogP contribution in [0.4, 0.5) is 0 Å². The van der Waals surface area contributed by atoms with Crippen molar-refractivity contribution in [3.05, 3.63) is 29.8 Å². The van der Waals surface area contributed by atoms with Gasteiger partial charge in [-0.1, -0.05) is 37.5 Å². The summed E-state index contributed by atoms with van der Waals surface area (Å²) in [6.07, 6.45) is 6.91. The third-order valence-electron chi connectivity index (χ3n) is 5.86. The van der Waals surface area contributed by atoms with Gasteiger partial charge in [0, 0.05) is 36.8 Å². The maximum atomic E-state index is 12.4. The van der Waals surface area contributed by atoms with Gasteiger partial charge in [0.15, 0.2) is 0 Å². The van der Waals surface area contributed by atoms with Crippen molar-refractivity contribution in [3.8, 4) is 5.75 Å². The molecule has 6 nitrogen and oxygen atoms in total. The Labute approximate surface area is 161 Å². The molecule has 1 aliphatic carbocycles. The van der Waals surface area contributed by atoms with Gasteiger partial charge in [-0.05, 0) is 31.7 Å². The number of hydrogen-bond acceptors (Lipinski definition) is 4. The van der Waals surface area contributed by atoms with E-state index in [4.69, 9.17) is 9.47 Å². The second-order valence-electron chi connectivity index (χ2n) is 7.58. The summed E-state index contributed by atoms with van der Waals surface area (Å²) in [6.45, 7) is 1.65. The molecule has 0 unspecified atom stereocenters. The van der Waals surface area contributed by atoms with Gasteiger partial charge in [-0.3, -0.25) is 9.59 Å². The molecule has 1 saturated carbocycles. The second-order valence-corrected chi connectivity index (χ2v) is 7.58. The number of carbonyl (C=O) groups excluding carboxylic acids is 2. The van der Waals surface area contributed by atoms with Gasteiger partial charge in [-0.15, -0.1) is 0 Å². The third-order valence-corrected chi connectivity index (χ3v) is 5.86. The van der Waals surface area contributed by atoms with Gasteiger partial charge in [0.1, 0.15) is 5.75 Å². The maximum absolute atomic E-state index is 12.4. The van der Waals surface area contributed by atoms with Crippen LogP contribution in [0.25, 0.3) is 0 Å². The van der Waals surface area contributed by atoms with Crippen LogP contribution in [0.1, 0.15) is 50.5 Å². The molecule has 1 aromatic carbocycles. The first kappa shape index (κ1) is 19.7. The Bertz CT molecular complexity index is 649. The molecule has 148 valence electrons. The van der Waals surface area contributed by atoms with E-state index in [0.717, 1.165) is 49.8 Å². The van der Waals surface area contributed by atoms with Gasteiger partial charge in [0.2, 0.25) is 0 Å². The van der Waals surface area contributed by atoms with E-state index in [1.165, 1.54) is 6.42 Å². The van der Waals surface area contributed by atoms with E-state index in [1.54, 1.807) is 7.11 Å². The zero-order valence-electron chi connectivity index (χ0n) is 16.1. The Morgan fingerprint density at radius 3 is 2.52 bits per heavy atom. The maximum Gasteiger partial charge on any atom is 0.309 e. The van der Waals surface area contributed by atoms with Crippen molar-refractivity contribution in [3.63, 3.8) is 0 Å². The van der Waals surface area contributed by atoms with Crippen LogP contribution in [0.2, 0.25) is 0 Å². The Kier molecular flexibility index (Phi) is 6.72.